The van der Waals surface area contributed by atoms with Crippen molar-refractivity contribution in [2.24, 2.45) is 0 Å². The van der Waals surface area contributed by atoms with Gasteiger partial charge in [0.25, 0.3) is 0 Å². The summed E-state index contributed by atoms with van der Waals surface area (Å²) in [4.78, 5) is 12.3. The number of likely N-dealkylation sites (tertiary alicyclic amines) is 1. The highest BCUT2D eigenvalue weighted by atomic mass is 32.2. The molecule has 0 radical (unpaired) electrons. The molecule has 1 amide bonds. The Kier molecular flexibility index (Phi) is 2.92. The molecule has 1 heterocycles. The van der Waals surface area contributed by atoms with Crippen LogP contribution in [0.1, 0.15) is 6.42 Å². The van der Waals surface area contributed by atoms with E-state index in [-0.39, 0.29) is 5.75 Å². The van der Waals surface area contributed by atoms with Crippen LogP contribution < -0.4 is 0 Å². The summed E-state index contributed by atoms with van der Waals surface area (Å²) in [5.41, 5.74) is 0. The predicted molar refractivity (Wildman–Crippen MR) is 46.7 cm³/mol. The molecule has 0 aromatic heterocycles. The molecule has 0 unspecified atom stereocenters. The molecular formula is C7H11NO4S. The van der Waals surface area contributed by atoms with E-state index < -0.39 is 16.2 Å². The topological polar surface area (TPSA) is 63.7 Å². The first-order valence-corrected chi connectivity index (χ1v) is 5.45. The molecule has 1 fully saturated rings. The van der Waals surface area contributed by atoms with E-state index in [1.807, 2.05) is 0 Å². The van der Waals surface area contributed by atoms with Crippen LogP contribution >= 0.6 is 0 Å². The monoisotopic (exact) mass is 205 g/mol. The van der Waals surface area contributed by atoms with Crippen LogP contribution in [0.4, 0.5) is 4.79 Å². The Morgan fingerprint density at radius 2 is 2.15 bits per heavy atom. The largest absolute Gasteiger partial charge is 0.425 e. The third-order valence-electron chi connectivity index (χ3n) is 1.63. The molecule has 0 N–H and O–H groups in total. The first-order chi connectivity index (χ1) is 6.05. The van der Waals surface area contributed by atoms with Gasteiger partial charge in [0.05, 0.1) is 0 Å². The summed E-state index contributed by atoms with van der Waals surface area (Å²) in [6.45, 7) is 4.39. The Bertz CT molecular complexity index is 304. The van der Waals surface area contributed by atoms with Gasteiger partial charge in [-0.3, -0.25) is 0 Å². The molecule has 0 spiro atoms. The fraction of sp³-hybridized carbons (Fsp3) is 0.571. The van der Waals surface area contributed by atoms with Gasteiger partial charge in [0.1, 0.15) is 5.75 Å². The Labute approximate surface area is 77.1 Å². The lowest BCUT2D eigenvalue weighted by Crippen LogP contribution is -2.43. The van der Waals surface area contributed by atoms with Crippen molar-refractivity contribution >= 4 is 16.2 Å². The van der Waals surface area contributed by atoms with Crippen LogP contribution in [0.5, 0.6) is 0 Å². The van der Waals surface area contributed by atoms with Gasteiger partial charge in [-0.1, -0.05) is 6.08 Å². The lowest BCUT2D eigenvalue weighted by atomic mass is 10.2. The van der Waals surface area contributed by atoms with E-state index >= 15 is 0 Å². The number of nitrogens with zero attached hydrogens (tertiary/aromatic N) is 1. The van der Waals surface area contributed by atoms with Crippen LogP contribution in [0.2, 0.25) is 0 Å². The number of amides is 1. The van der Waals surface area contributed by atoms with Crippen molar-refractivity contribution < 1.29 is 17.4 Å². The predicted octanol–water partition coefficient (Wildman–Crippen LogP) is 0.345. The summed E-state index contributed by atoms with van der Waals surface area (Å²) in [5, 5.41) is 0. The fourth-order valence-electron chi connectivity index (χ4n) is 0.838. The van der Waals surface area contributed by atoms with Crippen molar-refractivity contribution in [3.05, 3.63) is 12.7 Å². The van der Waals surface area contributed by atoms with E-state index in [0.29, 0.717) is 13.1 Å². The summed E-state index contributed by atoms with van der Waals surface area (Å²) in [6, 6.07) is 0. The smallest absolute Gasteiger partial charge is 0.328 e. The highest BCUT2D eigenvalue weighted by Gasteiger charge is 2.25. The van der Waals surface area contributed by atoms with Crippen molar-refractivity contribution in [1.29, 1.82) is 0 Å². The average molecular weight is 205 g/mol. The first kappa shape index (κ1) is 10.0. The van der Waals surface area contributed by atoms with Gasteiger partial charge in [-0.2, -0.15) is 8.42 Å². The quantitative estimate of drug-likeness (QED) is 0.492. The van der Waals surface area contributed by atoms with Gasteiger partial charge in [0.15, 0.2) is 0 Å². The zero-order valence-electron chi connectivity index (χ0n) is 7.10. The molecule has 0 atom stereocenters. The number of rotatable bonds is 3. The van der Waals surface area contributed by atoms with Gasteiger partial charge in [0, 0.05) is 13.1 Å². The zero-order chi connectivity index (χ0) is 9.90. The zero-order valence-corrected chi connectivity index (χ0v) is 7.92. The Morgan fingerprint density at radius 3 is 2.54 bits per heavy atom. The third-order valence-corrected chi connectivity index (χ3v) is 2.67. The maximum absolute atomic E-state index is 11.0. The second-order valence-corrected chi connectivity index (χ2v) is 4.32. The molecule has 0 saturated carbocycles. The number of carbonyl (C=O) groups is 1. The normalized spacial score (nSPS) is 16.2. The lowest BCUT2D eigenvalue weighted by molar-refractivity contribution is 0.127. The van der Waals surface area contributed by atoms with Crippen molar-refractivity contribution in [3.8, 4) is 0 Å². The van der Waals surface area contributed by atoms with Crippen LogP contribution in [0, 0.1) is 0 Å². The molecule has 0 aromatic carbocycles. The van der Waals surface area contributed by atoms with Crippen molar-refractivity contribution in [1.82, 2.24) is 4.90 Å². The fourth-order valence-corrected chi connectivity index (χ4v) is 1.52. The molecule has 0 aromatic rings. The molecule has 5 nitrogen and oxygen atoms in total. The lowest BCUT2D eigenvalue weighted by Gasteiger charge is -2.29. The maximum Gasteiger partial charge on any atom is 0.425 e. The van der Waals surface area contributed by atoms with E-state index in [2.05, 4.69) is 10.8 Å². The van der Waals surface area contributed by atoms with Crippen LogP contribution in [0.3, 0.4) is 0 Å². The summed E-state index contributed by atoms with van der Waals surface area (Å²) < 4.78 is 26.2. The van der Waals surface area contributed by atoms with E-state index in [1.165, 1.54) is 11.0 Å². The molecule has 1 saturated heterocycles. The SMILES string of the molecule is C=CCS(=O)(=O)OC(=O)N1CCC1. The van der Waals surface area contributed by atoms with Crippen LogP contribution in [-0.2, 0) is 14.3 Å². The Hall–Kier alpha value is -1.04. The van der Waals surface area contributed by atoms with Gasteiger partial charge in [-0.25, -0.2) is 4.79 Å². The maximum atomic E-state index is 11.0. The van der Waals surface area contributed by atoms with Gasteiger partial charge < -0.3 is 9.08 Å². The molecule has 13 heavy (non-hydrogen) atoms. The highest BCUT2D eigenvalue weighted by molar-refractivity contribution is 7.87. The third kappa shape index (κ3) is 2.73. The molecule has 1 aliphatic rings. The number of hydrogen-bond acceptors (Lipinski definition) is 4. The Morgan fingerprint density at radius 1 is 1.54 bits per heavy atom. The van der Waals surface area contributed by atoms with E-state index in [1.54, 1.807) is 0 Å². The van der Waals surface area contributed by atoms with Gasteiger partial charge in [-0.05, 0) is 6.42 Å². The minimum Gasteiger partial charge on any atom is -0.328 e. The average Bonchev–Trinajstić information content (AvgIpc) is 1.79. The van der Waals surface area contributed by atoms with E-state index in [0.717, 1.165) is 6.42 Å². The van der Waals surface area contributed by atoms with Crippen molar-refractivity contribution in [2.45, 2.75) is 6.42 Å². The van der Waals surface area contributed by atoms with E-state index in [4.69, 9.17) is 0 Å². The summed E-state index contributed by atoms with van der Waals surface area (Å²) >= 11 is 0. The number of hydrogen-bond donors (Lipinski definition) is 0. The molecule has 6 heteroatoms. The second kappa shape index (κ2) is 3.78. The molecular weight excluding hydrogens is 194 g/mol. The molecule has 0 bridgehead atoms. The molecule has 1 rings (SSSR count). The highest BCUT2D eigenvalue weighted by Crippen LogP contribution is 2.09. The van der Waals surface area contributed by atoms with Crippen molar-refractivity contribution in [2.75, 3.05) is 18.8 Å². The van der Waals surface area contributed by atoms with Gasteiger partial charge in [0.2, 0.25) is 0 Å². The van der Waals surface area contributed by atoms with Crippen LogP contribution in [-0.4, -0.2) is 38.3 Å². The molecule has 74 valence electrons. The second-order valence-electron chi connectivity index (χ2n) is 2.70. The number of carbonyl (C=O) groups excluding carboxylic acids is 1. The summed E-state index contributed by atoms with van der Waals surface area (Å²) in [7, 11) is -3.76. The minimum atomic E-state index is -3.76. The summed E-state index contributed by atoms with van der Waals surface area (Å²) in [6.07, 6.45) is 1.29. The van der Waals surface area contributed by atoms with E-state index in [9.17, 15) is 13.2 Å². The van der Waals surface area contributed by atoms with Crippen LogP contribution in [0.15, 0.2) is 12.7 Å². The molecule has 0 aliphatic carbocycles. The molecule has 1 aliphatic heterocycles. The standard InChI is InChI=1S/C7H11NO4S/c1-2-6-13(10,11)12-7(9)8-4-3-5-8/h2H,1,3-6H2. The van der Waals surface area contributed by atoms with Gasteiger partial charge >= 0.3 is 16.2 Å². The van der Waals surface area contributed by atoms with Crippen LogP contribution in [0.25, 0.3) is 0 Å². The summed E-state index contributed by atoms with van der Waals surface area (Å²) in [5.74, 6) is -0.341. The minimum absolute atomic E-state index is 0.341. The van der Waals surface area contributed by atoms with Crippen molar-refractivity contribution in [3.63, 3.8) is 0 Å². The Balaban J connectivity index is 2.47. The van der Waals surface area contributed by atoms with Gasteiger partial charge in [-0.15, -0.1) is 6.58 Å². The first-order valence-electron chi connectivity index (χ1n) is 3.87.